The molecular weight excluding hydrogens is 348 g/mol. The van der Waals surface area contributed by atoms with Crippen molar-refractivity contribution in [2.75, 3.05) is 13.2 Å². The zero-order chi connectivity index (χ0) is 16.1. The molecule has 1 heterocycles. The van der Waals surface area contributed by atoms with Crippen molar-refractivity contribution in [1.82, 2.24) is 10.5 Å². The van der Waals surface area contributed by atoms with Gasteiger partial charge in [-0.2, -0.15) is 0 Å². The van der Waals surface area contributed by atoms with Crippen LogP contribution in [0.3, 0.4) is 0 Å². The van der Waals surface area contributed by atoms with E-state index >= 15 is 0 Å². The highest BCUT2D eigenvalue weighted by atomic mass is 79.9. The molecule has 2 aromatic rings. The number of hydrogen-bond acceptors (Lipinski definition) is 4. The molecule has 22 heavy (non-hydrogen) atoms. The Bertz CT molecular complexity index is 635. The Kier molecular flexibility index (Phi) is 5.60. The molecule has 0 aliphatic carbocycles. The zero-order valence-electron chi connectivity index (χ0n) is 12.9. The van der Waals surface area contributed by atoms with Gasteiger partial charge in [0.05, 0.1) is 18.2 Å². The molecule has 1 N–H and O–H groups in total. The zero-order valence-corrected chi connectivity index (χ0v) is 14.4. The monoisotopic (exact) mass is 366 g/mol. The van der Waals surface area contributed by atoms with Gasteiger partial charge in [-0.3, -0.25) is 4.79 Å². The molecule has 1 amide bonds. The van der Waals surface area contributed by atoms with E-state index in [1.807, 2.05) is 45.0 Å². The highest BCUT2D eigenvalue weighted by Gasteiger charge is 2.22. The van der Waals surface area contributed by atoms with Crippen molar-refractivity contribution in [3.8, 4) is 5.75 Å². The van der Waals surface area contributed by atoms with Crippen molar-refractivity contribution in [3.05, 3.63) is 45.8 Å². The van der Waals surface area contributed by atoms with Crippen molar-refractivity contribution in [1.29, 1.82) is 0 Å². The first-order valence-electron chi connectivity index (χ1n) is 7.08. The first kappa shape index (κ1) is 16.5. The second-order valence-corrected chi connectivity index (χ2v) is 5.97. The summed E-state index contributed by atoms with van der Waals surface area (Å²) in [4.78, 5) is 12.2. The molecule has 1 aromatic carbocycles. The number of nitrogens with one attached hydrogen (secondary N) is 1. The van der Waals surface area contributed by atoms with Gasteiger partial charge in [0.1, 0.15) is 18.1 Å². The molecule has 118 valence electrons. The van der Waals surface area contributed by atoms with Crippen molar-refractivity contribution < 1.29 is 14.1 Å². The van der Waals surface area contributed by atoms with Gasteiger partial charge in [0.25, 0.3) is 0 Å². The lowest BCUT2D eigenvalue weighted by Crippen LogP contribution is -2.31. The minimum absolute atomic E-state index is 0.0627. The van der Waals surface area contributed by atoms with Gasteiger partial charge < -0.3 is 14.6 Å². The molecule has 0 saturated heterocycles. The fraction of sp³-hybridized carbons (Fsp3) is 0.375. The van der Waals surface area contributed by atoms with Crippen molar-refractivity contribution >= 4 is 21.8 Å². The lowest BCUT2D eigenvalue weighted by Gasteiger charge is -2.12. The summed E-state index contributed by atoms with van der Waals surface area (Å²) in [5.41, 5.74) is 1.61. The third-order valence-corrected chi connectivity index (χ3v) is 3.87. The van der Waals surface area contributed by atoms with E-state index < -0.39 is 0 Å². The number of nitrogens with zero attached hydrogens (tertiary/aromatic N) is 1. The number of aryl methyl sites for hydroxylation is 2. The first-order valence-corrected chi connectivity index (χ1v) is 7.87. The van der Waals surface area contributed by atoms with Crippen LogP contribution in [0.15, 0.2) is 33.3 Å². The second-order valence-electron chi connectivity index (χ2n) is 5.06. The van der Waals surface area contributed by atoms with Crippen molar-refractivity contribution in [2.24, 2.45) is 0 Å². The Labute approximate surface area is 138 Å². The van der Waals surface area contributed by atoms with E-state index in [4.69, 9.17) is 9.26 Å². The molecule has 1 aromatic heterocycles. The SMILES string of the molecule is Cc1noc(C)c1C(C)C(=O)NCCOc1cccc(Br)c1. The van der Waals surface area contributed by atoms with Gasteiger partial charge in [-0.05, 0) is 39.0 Å². The van der Waals surface area contributed by atoms with Gasteiger partial charge >= 0.3 is 0 Å². The summed E-state index contributed by atoms with van der Waals surface area (Å²) in [5, 5.41) is 6.74. The molecule has 0 saturated carbocycles. The maximum absolute atomic E-state index is 12.2. The minimum atomic E-state index is -0.294. The minimum Gasteiger partial charge on any atom is -0.492 e. The molecule has 0 aliphatic rings. The van der Waals surface area contributed by atoms with Crippen LogP contribution in [0, 0.1) is 13.8 Å². The summed E-state index contributed by atoms with van der Waals surface area (Å²) >= 11 is 3.38. The third kappa shape index (κ3) is 4.10. The van der Waals surface area contributed by atoms with Crippen LogP contribution in [-0.4, -0.2) is 24.2 Å². The lowest BCUT2D eigenvalue weighted by molar-refractivity contribution is -0.122. The van der Waals surface area contributed by atoms with Crippen LogP contribution in [0.5, 0.6) is 5.75 Å². The molecule has 0 radical (unpaired) electrons. The Morgan fingerprint density at radius 1 is 1.45 bits per heavy atom. The maximum atomic E-state index is 12.2. The predicted molar refractivity (Wildman–Crippen MR) is 87.0 cm³/mol. The molecule has 5 nitrogen and oxygen atoms in total. The number of hydrogen-bond donors (Lipinski definition) is 1. The quantitative estimate of drug-likeness (QED) is 0.796. The third-order valence-electron chi connectivity index (χ3n) is 3.38. The summed E-state index contributed by atoms with van der Waals surface area (Å²) in [5.74, 6) is 1.09. The number of aromatic nitrogens is 1. The first-order chi connectivity index (χ1) is 10.5. The Morgan fingerprint density at radius 2 is 2.23 bits per heavy atom. The van der Waals surface area contributed by atoms with E-state index in [-0.39, 0.29) is 11.8 Å². The summed E-state index contributed by atoms with van der Waals surface area (Å²) < 4.78 is 11.6. The Hall–Kier alpha value is -1.82. The fourth-order valence-electron chi connectivity index (χ4n) is 2.29. The van der Waals surface area contributed by atoms with Crippen LogP contribution in [0.25, 0.3) is 0 Å². The van der Waals surface area contributed by atoms with Gasteiger partial charge in [-0.25, -0.2) is 0 Å². The summed E-state index contributed by atoms with van der Waals surface area (Å²) in [7, 11) is 0. The highest BCUT2D eigenvalue weighted by molar-refractivity contribution is 9.10. The maximum Gasteiger partial charge on any atom is 0.227 e. The molecule has 0 fully saturated rings. The molecule has 1 atom stereocenters. The van der Waals surface area contributed by atoms with E-state index in [1.54, 1.807) is 0 Å². The van der Waals surface area contributed by atoms with Crippen LogP contribution in [0.1, 0.15) is 29.9 Å². The predicted octanol–water partition coefficient (Wildman–Crippen LogP) is 3.35. The summed E-state index contributed by atoms with van der Waals surface area (Å²) in [6.07, 6.45) is 0. The average Bonchev–Trinajstić information content (AvgIpc) is 2.82. The number of carbonyl (C=O) groups excluding carboxylic acids is 1. The molecule has 6 heteroatoms. The Balaban J connectivity index is 1.81. The highest BCUT2D eigenvalue weighted by Crippen LogP contribution is 2.23. The largest absolute Gasteiger partial charge is 0.492 e. The Morgan fingerprint density at radius 3 is 2.86 bits per heavy atom. The summed E-state index contributed by atoms with van der Waals surface area (Å²) in [6, 6.07) is 7.59. The standard InChI is InChI=1S/C16H19BrN2O3/c1-10(15-11(2)19-22-12(15)3)16(20)18-7-8-21-14-6-4-5-13(17)9-14/h4-6,9-10H,7-8H2,1-3H3,(H,18,20). The van der Waals surface area contributed by atoms with E-state index in [0.717, 1.165) is 21.5 Å². The second kappa shape index (κ2) is 7.45. The number of benzene rings is 1. The van der Waals surface area contributed by atoms with Crippen molar-refractivity contribution in [3.63, 3.8) is 0 Å². The number of amides is 1. The van der Waals surface area contributed by atoms with Crippen LogP contribution >= 0.6 is 15.9 Å². The number of ether oxygens (including phenoxy) is 1. The van der Waals surface area contributed by atoms with Gasteiger partial charge in [0, 0.05) is 10.0 Å². The van der Waals surface area contributed by atoms with E-state index in [2.05, 4.69) is 26.4 Å². The van der Waals surface area contributed by atoms with E-state index in [1.165, 1.54) is 0 Å². The van der Waals surface area contributed by atoms with Crippen LogP contribution in [0.2, 0.25) is 0 Å². The molecule has 0 aliphatic heterocycles. The smallest absolute Gasteiger partial charge is 0.227 e. The van der Waals surface area contributed by atoms with E-state index in [0.29, 0.717) is 18.9 Å². The molecular formula is C16H19BrN2O3. The van der Waals surface area contributed by atoms with Gasteiger partial charge in [-0.1, -0.05) is 27.2 Å². The normalized spacial score (nSPS) is 12.0. The van der Waals surface area contributed by atoms with E-state index in [9.17, 15) is 4.79 Å². The van der Waals surface area contributed by atoms with Gasteiger partial charge in [0.2, 0.25) is 5.91 Å². The number of rotatable bonds is 6. The van der Waals surface area contributed by atoms with Crippen LogP contribution in [-0.2, 0) is 4.79 Å². The van der Waals surface area contributed by atoms with Gasteiger partial charge in [0.15, 0.2) is 0 Å². The fourth-order valence-corrected chi connectivity index (χ4v) is 2.67. The molecule has 1 unspecified atom stereocenters. The lowest BCUT2D eigenvalue weighted by atomic mass is 9.99. The number of carbonyl (C=O) groups is 1. The molecule has 2 rings (SSSR count). The van der Waals surface area contributed by atoms with Crippen LogP contribution < -0.4 is 10.1 Å². The topological polar surface area (TPSA) is 64.4 Å². The summed E-state index contributed by atoms with van der Waals surface area (Å²) in [6.45, 7) is 6.36. The van der Waals surface area contributed by atoms with Crippen LogP contribution in [0.4, 0.5) is 0 Å². The molecule has 0 bridgehead atoms. The number of halogens is 1. The average molecular weight is 367 g/mol. The van der Waals surface area contributed by atoms with Crippen molar-refractivity contribution in [2.45, 2.75) is 26.7 Å². The molecule has 0 spiro atoms. The van der Waals surface area contributed by atoms with Gasteiger partial charge in [-0.15, -0.1) is 0 Å².